The van der Waals surface area contributed by atoms with E-state index in [0.717, 1.165) is 24.3 Å². The summed E-state index contributed by atoms with van der Waals surface area (Å²) in [7, 11) is 1.32. The monoisotopic (exact) mass is 426 g/mol. The number of ether oxygens (including phenoxy) is 1. The van der Waals surface area contributed by atoms with Crippen LogP contribution in [0.25, 0.3) is 10.7 Å². The Labute approximate surface area is 177 Å². The maximum absolute atomic E-state index is 12.8. The molecule has 1 unspecified atom stereocenters. The van der Waals surface area contributed by atoms with Gasteiger partial charge < -0.3 is 14.6 Å². The smallest absolute Gasteiger partial charge is 0.339 e. The Balaban J connectivity index is 1.38. The molecule has 0 spiro atoms. The van der Waals surface area contributed by atoms with Crippen molar-refractivity contribution in [3.8, 4) is 10.7 Å². The summed E-state index contributed by atoms with van der Waals surface area (Å²) in [5.74, 6) is 0.348. The van der Waals surface area contributed by atoms with Crippen molar-refractivity contribution in [2.75, 3.05) is 25.5 Å². The predicted octanol–water partition coefficient (Wildman–Crippen LogP) is 3.44. The topological polar surface area (TPSA) is 97.6 Å². The van der Waals surface area contributed by atoms with Gasteiger partial charge in [0.15, 0.2) is 0 Å². The second-order valence-corrected chi connectivity index (χ2v) is 8.04. The van der Waals surface area contributed by atoms with Crippen LogP contribution in [0.1, 0.15) is 29.1 Å². The first-order valence-corrected chi connectivity index (χ1v) is 10.6. The zero-order valence-electron chi connectivity index (χ0n) is 16.5. The fourth-order valence-electron chi connectivity index (χ4n) is 3.54. The van der Waals surface area contributed by atoms with E-state index in [9.17, 15) is 9.59 Å². The quantitative estimate of drug-likeness (QED) is 0.603. The van der Waals surface area contributed by atoms with Crippen LogP contribution in [0, 0.1) is 5.92 Å². The molecule has 3 heterocycles. The molecule has 30 heavy (non-hydrogen) atoms. The van der Waals surface area contributed by atoms with Gasteiger partial charge in [0, 0.05) is 6.54 Å². The number of hydrogen-bond acceptors (Lipinski definition) is 8. The van der Waals surface area contributed by atoms with Gasteiger partial charge in [0.25, 0.3) is 0 Å². The summed E-state index contributed by atoms with van der Waals surface area (Å²) >= 11 is 1.56. The average molecular weight is 426 g/mol. The Bertz CT molecular complexity index is 1020. The first-order chi connectivity index (χ1) is 14.6. The molecule has 1 aliphatic rings. The molecule has 8 nitrogen and oxygen atoms in total. The second kappa shape index (κ2) is 9.19. The van der Waals surface area contributed by atoms with Crippen molar-refractivity contribution in [2.45, 2.75) is 19.4 Å². The first kappa shape index (κ1) is 20.2. The maximum atomic E-state index is 12.8. The molecule has 1 aliphatic heterocycles. The Hall–Kier alpha value is -3.04. The molecule has 0 radical (unpaired) electrons. The molecule has 1 aromatic carbocycles. The number of benzene rings is 1. The van der Waals surface area contributed by atoms with Crippen molar-refractivity contribution in [3.63, 3.8) is 0 Å². The molecule has 1 amide bonds. The number of carbonyl (C=O) groups excluding carboxylic acids is 2. The SMILES string of the molecule is COC(=O)c1ccccc1NC(=O)C1CCCN(Cc2nc(-c3cccs3)no2)C1. The largest absolute Gasteiger partial charge is 0.465 e. The van der Waals surface area contributed by atoms with Gasteiger partial charge in [-0.25, -0.2) is 4.79 Å². The number of amides is 1. The zero-order chi connectivity index (χ0) is 20.9. The number of nitrogens with one attached hydrogen (secondary N) is 1. The number of esters is 1. The number of aromatic nitrogens is 2. The highest BCUT2D eigenvalue weighted by Crippen LogP contribution is 2.24. The molecule has 9 heteroatoms. The predicted molar refractivity (Wildman–Crippen MR) is 112 cm³/mol. The van der Waals surface area contributed by atoms with Crippen molar-refractivity contribution < 1.29 is 18.8 Å². The highest BCUT2D eigenvalue weighted by atomic mass is 32.1. The van der Waals surface area contributed by atoms with E-state index >= 15 is 0 Å². The molecule has 0 saturated carbocycles. The second-order valence-electron chi connectivity index (χ2n) is 7.09. The van der Waals surface area contributed by atoms with Gasteiger partial charge in [-0.05, 0) is 43.0 Å². The minimum atomic E-state index is -0.478. The van der Waals surface area contributed by atoms with Crippen molar-refractivity contribution in [1.29, 1.82) is 0 Å². The van der Waals surface area contributed by atoms with Crippen LogP contribution >= 0.6 is 11.3 Å². The summed E-state index contributed by atoms with van der Waals surface area (Å²) in [6.45, 7) is 1.95. The lowest BCUT2D eigenvalue weighted by molar-refractivity contribution is -0.121. The molecule has 1 atom stereocenters. The van der Waals surface area contributed by atoms with Gasteiger partial charge in [-0.3, -0.25) is 9.69 Å². The molecular formula is C21H22N4O4S. The van der Waals surface area contributed by atoms with Crippen LogP contribution < -0.4 is 5.32 Å². The normalized spacial score (nSPS) is 16.9. The van der Waals surface area contributed by atoms with Gasteiger partial charge in [0.05, 0.1) is 35.7 Å². The van der Waals surface area contributed by atoms with Crippen LogP contribution in [0.5, 0.6) is 0 Å². The summed E-state index contributed by atoms with van der Waals surface area (Å²) in [6.07, 6.45) is 1.68. The van der Waals surface area contributed by atoms with E-state index in [-0.39, 0.29) is 11.8 Å². The van der Waals surface area contributed by atoms with Crippen LogP contribution in [-0.2, 0) is 16.1 Å². The van der Waals surface area contributed by atoms with Gasteiger partial charge in [0.2, 0.25) is 17.6 Å². The molecular weight excluding hydrogens is 404 g/mol. The molecule has 1 fully saturated rings. The number of para-hydroxylation sites is 1. The van der Waals surface area contributed by atoms with Gasteiger partial charge in [-0.15, -0.1) is 11.3 Å². The third-order valence-corrected chi connectivity index (χ3v) is 5.90. The van der Waals surface area contributed by atoms with Gasteiger partial charge >= 0.3 is 5.97 Å². The fourth-order valence-corrected chi connectivity index (χ4v) is 4.19. The van der Waals surface area contributed by atoms with Crippen molar-refractivity contribution in [1.82, 2.24) is 15.0 Å². The van der Waals surface area contributed by atoms with Crippen molar-refractivity contribution in [2.24, 2.45) is 5.92 Å². The van der Waals surface area contributed by atoms with Crippen LogP contribution in [0.15, 0.2) is 46.3 Å². The van der Waals surface area contributed by atoms with Crippen LogP contribution in [0.3, 0.4) is 0 Å². The average Bonchev–Trinajstić information content (AvgIpc) is 3.46. The summed E-state index contributed by atoms with van der Waals surface area (Å²) in [4.78, 5) is 32.3. The van der Waals surface area contributed by atoms with E-state index in [0.29, 0.717) is 36.1 Å². The third-order valence-electron chi connectivity index (χ3n) is 5.04. The minimum Gasteiger partial charge on any atom is -0.465 e. The Kier molecular flexibility index (Phi) is 6.20. The van der Waals surface area contributed by atoms with Gasteiger partial charge in [-0.1, -0.05) is 23.4 Å². The number of hydrogen-bond donors (Lipinski definition) is 1. The summed E-state index contributed by atoms with van der Waals surface area (Å²) < 4.78 is 10.2. The molecule has 0 bridgehead atoms. The molecule has 156 valence electrons. The van der Waals surface area contributed by atoms with Crippen LogP contribution in [0.4, 0.5) is 5.69 Å². The number of anilines is 1. The number of methoxy groups -OCH3 is 1. The zero-order valence-corrected chi connectivity index (χ0v) is 17.4. The molecule has 1 N–H and O–H groups in total. The summed E-state index contributed by atoms with van der Waals surface area (Å²) in [5, 5.41) is 8.90. The standard InChI is InChI=1S/C21H22N4O4S/c1-28-21(27)15-7-2-3-8-16(15)22-20(26)14-6-4-10-25(12-14)13-18-23-19(24-29-18)17-9-5-11-30-17/h2-3,5,7-9,11,14H,4,6,10,12-13H2,1H3,(H,22,26). The lowest BCUT2D eigenvalue weighted by Gasteiger charge is -2.31. The molecule has 3 aromatic rings. The maximum Gasteiger partial charge on any atom is 0.339 e. The molecule has 4 rings (SSSR count). The number of nitrogens with zero attached hydrogens (tertiary/aromatic N) is 3. The van der Waals surface area contributed by atoms with Crippen molar-refractivity contribution in [3.05, 3.63) is 53.2 Å². The van der Waals surface area contributed by atoms with E-state index in [2.05, 4.69) is 20.4 Å². The van der Waals surface area contributed by atoms with Crippen molar-refractivity contribution >= 4 is 28.9 Å². The number of thiophene rings is 1. The summed E-state index contributed by atoms with van der Waals surface area (Å²) in [5.41, 5.74) is 0.803. The van der Waals surface area contributed by atoms with Crippen LogP contribution in [-0.4, -0.2) is 47.1 Å². The van der Waals surface area contributed by atoms with Gasteiger partial charge in [0.1, 0.15) is 0 Å². The number of carbonyl (C=O) groups is 2. The Morgan fingerprint density at radius 1 is 1.30 bits per heavy atom. The Morgan fingerprint density at radius 3 is 2.97 bits per heavy atom. The number of rotatable bonds is 6. The van der Waals surface area contributed by atoms with E-state index in [4.69, 9.17) is 9.26 Å². The van der Waals surface area contributed by atoms with E-state index in [1.807, 2.05) is 17.5 Å². The number of likely N-dealkylation sites (tertiary alicyclic amines) is 1. The number of piperidine rings is 1. The minimum absolute atomic E-state index is 0.110. The van der Waals surface area contributed by atoms with E-state index in [1.54, 1.807) is 35.6 Å². The third kappa shape index (κ3) is 4.58. The van der Waals surface area contributed by atoms with E-state index < -0.39 is 5.97 Å². The highest BCUT2D eigenvalue weighted by Gasteiger charge is 2.28. The van der Waals surface area contributed by atoms with Gasteiger partial charge in [-0.2, -0.15) is 4.98 Å². The fraction of sp³-hybridized carbons (Fsp3) is 0.333. The molecule has 2 aromatic heterocycles. The van der Waals surface area contributed by atoms with E-state index in [1.165, 1.54) is 7.11 Å². The lowest BCUT2D eigenvalue weighted by atomic mass is 9.97. The highest BCUT2D eigenvalue weighted by molar-refractivity contribution is 7.13. The lowest BCUT2D eigenvalue weighted by Crippen LogP contribution is -2.40. The Morgan fingerprint density at radius 2 is 2.17 bits per heavy atom. The summed E-state index contributed by atoms with van der Waals surface area (Å²) in [6, 6.07) is 10.7. The van der Waals surface area contributed by atoms with Crippen LogP contribution in [0.2, 0.25) is 0 Å². The first-order valence-electron chi connectivity index (χ1n) is 9.71. The molecule has 1 saturated heterocycles. The molecule has 0 aliphatic carbocycles.